The summed E-state index contributed by atoms with van der Waals surface area (Å²) in [5, 5.41) is 9.09. The maximum Gasteiger partial charge on any atom is 0.326 e. The van der Waals surface area contributed by atoms with Crippen LogP contribution in [0.2, 0.25) is 0 Å². The van der Waals surface area contributed by atoms with Gasteiger partial charge in [0.25, 0.3) is 0 Å². The third-order valence-electron chi connectivity index (χ3n) is 3.31. The molecule has 1 N–H and O–H groups in total. The highest BCUT2D eigenvalue weighted by molar-refractivity contribution is 5.83. The number of carbonyl (C=O) groups is 2. The van der Waals surface area contributed by atoms with Crippen molar-refractivity contribution in [2.75, 3.05) is 26.8 Å². The summed E-state index contributed by atoms with van der Waals surface area (Å²) in [4.78, 5) is 26.5. The number of aliphatic carboxylic acids is 1. The quantitative estimate of drug-likeness (QED) is 0.799. The fraction of sp³-hybridized carbons (Fsp3) is 0.833. The largest absolute Gasteiger partial charge is 0.480 e. The van der Waals surface area contributed by atoms with Crippen molar-refractivity contribution < 1.29 is 19.4 Å². The molecule has 0 aromatic heterocycles. The molecule has 2 atom stereocenters. The number of carbonyl (C=O) groups excluding carboxylic acids is 1. The first-order chi connectivity index (χ1) is 8.52. The third kappa shape index (κ3) is 3.13. The van der Waals surface area contributed by atoms with Gasteiger partial charge >= 0.3 is 12.0 Å². The number of amides is 2. The molecule has 1 rings (SSSR count). The van der Waals surface area contributed by atoms with Crippen molar-refractivity contribution in [3.05, 3.63) is 0 Å². The van der Waals surface area contributed by atoms with Crippen LogP contribution in [0.15, 0.2) is 0 Å². The Kier molecular flexibility index (Phi) is 5.40. The third-order valence-corrected chi connectivity index (χ3v) is 3.31. The lowest BCUT2D eigenvalue weighted by atomic mass is 10.2. The van der Waals surface area contributed by atoms with E-state index in [1.165, 1.54) is 4.90 Å². The number of hydrogen-bond donors (Lipinski definition) is 1. The van der Waals surface area contributed by atoms with Crippen molar-refractivity contribution in [2.24, 2.45) is 0 Å². The van der Waals surface area contributed by atoms with Crippen LogP contribution in [0.25, 0.3) is 0 Å². The van der Waals surface area contributed by atoms with Crippen LogP contribution >= 0.6 is 0 Å². The Morgan fingerprint density at radius 1 is 1.56 bits per heavy atom. The second-order valence-corrected chi connectivity index (χ2v) is 4.56. The number of carboxylic acid groups (broad SMARTS) is 1. The minimum atomic E-state index is -0.920. The molecular weight excluding hydrogens is 236 g/mol. The van der Waals surface area contributed by atoms with Crippen LogP contribution < -0.4 is 0 Å². The van der Waals surface area contributed by atoms with Gasteiger partial charge in [0.1, 0.15) is 6.04 Å². The van der Waals surface area contributed by atoms with Crippen LogP contribution in [0.1, 0.15) is 26.7 Å². The smallest absolute Gasteiger partial charge is 0.326 e. The highest BCUT2D eigenvalue weighted by Crippen LogP contribution is 2.20. The molecule has 1 aliphatic heterocycles. The van der Waals surface area contributed by atoms with E-state index < -0.39 is 12.0 Å². The molecule has 1 fully saturated rings. The Bertz CT molecular complexity index is 308. The monoisotopic (exact) mass is 258 g/mol. The van der Waals surface area contributed by atoms with E-state index in [0.29, 0.717) is 26.1 Å². The molecule has 0 aliphatic carbocycles. The number of ether oxygens (including phenoxy) is 1. The average Bonchev–Trinajstić information content (AvgIpc) is 2.79. The van der Waals surface area contributed by atoms with Gasteiger partial charge in [-0.2, -0.15) is 0 Å². The second kappa shape index (κ2) is 6.58. The molecule has 18 heavy (non-hydrogen) atoms. The van der Waals surface area contributed by atoms with E-state index in [0.717, 1.165) is 6.42 Å². The number of likely N-dealkylation sites (N-methyl/N-ethyl adjacent to an activating group) is 1. The molecular formula is C12H22N2O4. The van der Waals surface area contributed by atoms with Crippen molar-refractivity contribution in [3.8, 4) is 0 Å². The molecule has 0 radical (unpaired) electrons. The van der Waals surface area contributed by atoms with Gasteiger partial charge in [-0.25, -0.2) is 9.59 Å². The van der Waals surface area contributed by atoms with Gasteiger partial charge in [0, 0.05) is 20.2 Å². The van der Waals surface area contributed by atoms with E-state index in [4.69, 9.17) is 9.84 Å². The number of likely N-dealkylation sites (tertiary alicyclic amines) is 1. The zero-order chi connectivity index (χ0) is 13.7. The Morgan fingerprint density at radius 2 is 2.22 bits per heavy atom. The van der Waals surface area contributed by atoms with Gasteiger partial charge in [-0.1, -0.05) is 0 Å². The molecule has 6 heteroatoms. The predicted octanol–water partition coefficient (Wildman–Crippen LogP) is 1.01. The van der Waals surface area contributed by atoms with Gasteiger partial charge < -0.3 is 19.6 Å². The molecule has 0 bridgehead atoms. The molecule has 1 heterocycles. The lowest BCUT2D eigenvalue weighted by Crippen LogP contribution is -2.51. The molecule has 0 saturated carbocycles. The van der Waals surface area contributed by atoms with E-state index in [1.54, 1.807) is 12.0 Å². The Morgan fingerprint density at radius 3 is 2.72 bits per heavy atom. The molecule has 104 valence electrons. The van der Waals surface area contributed by atoms with Crippen LogP contribution in [0.3, 0.4) is 0 Å². The van der Waals surface area contributed by atoms with E-state index in [9.17, 15) is 9.59 Å². The highest BCUT2D eigenvalue weighted by Gasteiger charge is 2.36. The lowest BCUT2D eigenvalue weighted by Gasteiger charge is -2.33. The fourth-order valence-corrected chi connectivity index (χ4v) is 2.38. The van der Waals surface area contributed by atoms with Crippen LogP contribution in [0, 0.1) is 0 Å². The summed E-state index contributed by atoms with van der Waals surface area (Å²) < 4.78 is 5.04. The summed E-state index contributed by atoms with van der Waals surface area (Å²) in [5.74, 6) is -0.920. The first-order valence-electron chi connectivity index (χ1n) is 6.31. The molecule has 0 aromatic carbocycles. The maximum atomic E-state index is 12.3. The second-order valence-electron chi connectivity index (χ2n) is 4.56. The average molecular weight is 258 g/mol. The number of methoxy groups -OCH3 is 1. The molecule has 0 spiro atoms. The van der Waals surface area contributed by atoms with E-state index in [2.05, 4.69) is 0 Å². The van der Waals surface area contributed by atoms with Gasteiger partial charge in [-0.3, -0.25) is 0 Å². The Hall–Kier alpha value is -1.30. The molecule has 0 aromatic rings. The zero-order valence-corrected chi connectivity index (χ0v) is 11.3. The van der Waals surface area contributed by atoms with Crippen LogP contribution in [-0.4, -0.2) is 65.8 Å². The summed E-state index contributed by atoms with van der Waals surface area (Å²) in [5.41, 5.74) is 0. The SMILES string of the molecule is CCN(C(=O)N1CCC[C@@H]1C(=O)O)C(C)COC. The molecule has 1 unspecified atom stereocenters. The fourth-order valence-electron chi connectivity index (χ4n) is 2.38. The normalized spacial score (nSPS) is 20.8. The van der Waals surface area contributed by atoms with E-state index in [-0.39, 0.29) is 12.1 Å². The maximum absolute atomic E-state index is 12.3. The summed E-state index contributed by atoms with van der Waals surface area (Å²) in [6, 6.07) is -0.934. The minimum absolute atomic E-state index is 0.0532. The predicted molar refractivity (Wildman–Crippen MR) is 66.5 cm³/mol. The van der Waals surface area contributed by atoms with E-state index in [1.807, 2.05) is 13.8 Å². The van der Waals surface area contributed by atoms with Crippen molar-refractivity contribution >= 4 is 12.0 Å². The molecule has 6 nitrogen and oxygen atoms in total. The lowest BCUT2D eigenvalue weighted by molar-refractivity contribution is -0.141. The van der Waals surface area contributed by atoms with Gasteiger partial charge in [0.05, 0.1) is 12.6 Å². The van der Waals surface area contributed by atoms with Crippen molar-refractivity contribution in [1.82, 2.24) is 9.80 Å². The topological polar surface area (TPSA) is 70.1 Å². The molecule has 1 aliphatic rings. The van der Waals surface area contributed by atoms with E-state index >= 15 is 0 Å². The first-order valence-corrected chi connectivity index (χ1v) is 6.31. The summed E-state index contributed by atoms with van der Waals surface area (Å²) in [7, 11) is 1.59. The van der Waals surface area contributed by atoms with Crippen molar-refractivity contribution in [1.29, 1.82) is 0 Å². The highest BCUT2D eigenvalue weighted by atomic mass is 16.5. The summed E-state index contributed by atoms with van der Waals surface area (Å²) in [6.45, 7) is 5.30. The standard InChI is InChI=1S/C12H22N2O4/c1-4-13(9(2)8-18-3)12(17)14-7-5-6-10(14)11(15)16/h9-10H,4-8H2,1-3H3,(H,15,16)/t9?,10-/m1/s1. The molecule has 2 amide bonds. The number of rotatable bonds is 5. The van der Waals surface area contributed by atoms with Crippen LogP contribution in [0.4, 0.5) is 4.79 Å². The van der Waals surface area contributed by atoms with Gasteiger partial charge in [-0.15, -0.1) is 0 Å². The van der Waals surface area contributed by atoms with Crippen LogP contribution in [-0.2, 0) is 9.53 Å². The van der Waals surface area contributed by atoms with Gasteiger partial charge in [0.15, 0.2) is 0 Å². The molecule has 1 saturated heterocycles. The number of nitrogens with zero attached hydrogens (tertiary/aromatic N) is 2. The summed E-state index contributed by atoms with van der Waals surface area (Å²) >= 11 is 0. The van der Waals surface area contributed by atoms with Crippen LogP contribution in [0.5, 0.6) is 0 Å². The Labute approximate surface area is 107 Å². The van der Waals surface area contributed by atoms with Crippen molar-refractivity contribution in [2.45, 2.75) is 38.8 Å². The minimum Gasteiger partial charge on any atom is -0.480 e. The summed E-state index contributed by atoms with van der Waals surface area (Å²) in [6.07, 6.45) is 1.29. The van der Waals surface area contributed by atoms with Crippen molar-refractivity contribution in [3.63, 3.8) is 0 Å². The first kappa shape index (κ1) is 14.8. The number of hydrogen-bond acceptors (Lipinski definition) is 3. The zero-order valence-electron chi connectivity index (χ0n) is 11.3. The Balaban J connectivity index is 2.74. The van der Waals surface area contributed by atoms with Gasteiger partial charge in [-0.05, 0) is 26.7 Å². The number of carboxylic acids is 1. The van der Waals surface area contributed by atoms with Gasteiger partial charge in [0.2, 0.25) is 0 Å². The number of urea groups is 1.